The van der Waals surface area contributed by atoms with Gasteiger partial charge in [-0.3, -0.25) is 0 Å². The van der Waals surface area contributed by atoms with E-state index in [1.54, 1.807) is 46.9 Å². The summed E-state index contributed by atoms with van der Waals surface area (Å²) in [6.45, 7) is 12.4. The van der Waals surface area contributed by atoms with Gasteiger partial charge in [0.05, 0.1) is 5.60 Å². The summed E-state index contributed by atoms with van der Waals surface area (Å²) in [7, 11) is 1.60. The minimum atomic E-state index is -0.871. The molecule has 0 fully saturated rings. The van der Waals surface area contributed by atoms with Crippen LogP contribution in [0.3, 0.4) is 0 Å². The van der Waals surface area contributed by atoms with E-state index in [4.69, 9.17) is 14.2 Å². The van der Waals surface area contributed by atoms with E-state index in [-0.39, 0.29) is 11.7 Å². The van der Waals surface area contributed by atoms with Crippen LogP contribution in [0.5, 0.6) is 0 Å². The fourth-order valence-electron chi connectivity index (χ4n) is 2.91. The number of ether oxygens (including phenoxy) is 3. The molecular formula is C22H34FNO5. The molecule has 7 heteroatoms. The molecule has 1 aromatic rings. The zero-order chi connectivity index (χ0) is 22.4. The molecule has 0 radical (unpaired) electrons. The highest BCUT2D eigenvalue weighted by atomic mass is 19.1. The van der Waals surface area contributed by atoms with Crippen LogP contribution in [0.25, 0.3) is 0 Å². The van der Waals surface area contributed by atoms with Crippen LogP contribution in [0.2, 0.25) is 0 Å². The van der Waals surface area contributed by atoms with Crippen molar-refractivity contribution in [2.45, 2.75) is 78.2 Å². The molecule has 6 nitrogen and oxygen atoms in total. The molecule has 0 spiro atoms. The largest absolute Gasteiger partial charge is 0.461 e. The molecule has 0 heterocycles. The highest BCUT2D eigenvalue weighted by Gasteiger charge is 2.36. The summed E-state index contributed by atoms with van der Waals surface area (Å²) >= 11 is 0. The molecule has 1 rings (SSSR count). The van der Waals surface area contributed by atoms with Gasteiger partial charge in [0.2, 0.25) is 0 Å². The number of esters is 1. The quantitative estimate of drug-likeness (QED) is 0.647. The lowest BCUT2D eigenvalue weighted by Gasteiger charge is -2.37. The zero-order valence-electron chi connectivity index (χ0n) is 18.7. The molecule has 0 aromatic heterocycles. The molecule has 1 aromatic carbocycles. The normalized spacial score (nSPS) is 15.2. The first-order chi connectivity index (χ1) is 13.2. The molecule has 3 atom stereocenters. The summed E-state index contributed by atoms with van der Waals surface area (Å²) in [5.74, 6) is -1.08. The molecule has 29 heavy (non-hydrogen) atoms. The van der Waals surface area contributed by atoms with E-state index >= 15 is 0 Å². The monoisotopic (exact) mass is 411 g/mol. The third kappa shape index (κ3) is 8.40. The number of hydrogen-bond acceptors (Lipinski definition) is 5. The summed E-state index contributed by atoms with van der Waals surface area (Å²) in [6, 6.07) is 5.33. The van der Waals surface area contributed by atoms with Gasteiger partial charge >= 0.3 is 12.1 Å². The summed E-state index contributed by atoms with van der Waals surface area (Å²) in [5.41, 5.74) is -0.357. The van der Waals surface area contributed by atoms with Crippen molar-refractivity contribution in [1.82, 2.24) is 5.32 Å². The van der Waals surface area contributed by atoms with Crippen molar-refractivity contribution in [2.24, 2.45) is 5.92 Å². The Labute approximate surface area is 173 Å². The fraction of sp³-hybridized carbons (Fsp3) is 0.636. The molecule has 0 bridgehead atoms. The Morgan fingerprint density at radius 2 is 1.62 bits per heavy atom. The molecule has 1 N–H and O–H groups in total. The first kappa shape index (κ1) is 24.9. The number of nitrogens with one attached hydrogen (secondary N) is 1. The summed E-state index contributed by atoms with van der Waals surface area (Å²) in [5, 5.41) is 2.48. The number of methoxy groups -OCH3 is 1. The topological polar surface area (TPSA) is 73.9 Å². The lowest BCUT2D eigenvalue weighted by atomic mass is 9.81. The number of carbonyl (C=O) groups excluding carboxylic acids is 2. The molecule has 0 aliphatic carbocycles. The van der Waals surface area contributed by atoms with E-state index in [1.807, 2.05) is 13.8 Å². The Bertz CT molecular complexity index is 681. The Balaban J connectivity index is 2.82. The Hall–Kier alpha value is -2.15. The van der Waals surface area contributed by atoms with Crippen LogP contribution >= 0.6 is 0 Å². The summed E-state index contributed by atoms with van der Waals surface area (Å²) in [6.07, 6.45) is -0.663. The number of hydrogen-bond donors (Lipinski definition) is 1. The SMILES string of the molecule is COC(C)(C)[C@@H](Cc1ccc(F)cc1)[C@H](C)OC(=O)[C@H](C)NC(=O)OC(C)(C)C. The van der Waals surface area contributed by atoms with Crippen LogP contribution in [0.1, 0.15) is 54.0 Å². The minimum absolute atomic E-state index is 0.198. The van der Waals surface area contributed by atoms with Crippen LogP contribution in [-0.2, 0) is 25.4 Å². The molecule has 0 saturated carbocycles. The van der Waals surface area contributed by atoms with Gasteiger partial charge in [0.25, 0.3) is 0 Å². The van der Waals surface area contributed by atoms with E-state index in [0.717, 1.165) is 5.56 Å². The first-order valence-corrected chi connectivity index (χ1v) is 9.74. The highest BCUT2D eigenvalue weighted by molar-refractivity contribution is 5.81. The predicted octanol–water partition coefficient (Wildman–Crippen LogP) is 4.25. The van der Waals surface area contributed by atoms with Crippen molar-refractivity contribution >= 4 is 12.1 Å². The van der Waals surface area contributed by atoms with Crippen LogP contribution in [0, 0.1) is 11.7 Å². The van der Waals surface area contributed by atoms with Gasteiger partial charge in [0.1, 0.15) is 23.6 Å². The molecule has 1 amide bonds. The Kier molecular flexibility index (Phi) is 8.63. The van der Waals surface area contributed by atoms with Gasteiger partial charge in [-0.25, -0.2) is 14.0 Å². The number of rotatable bonds is 8. The van der Waals surface area contributed by atoms with Gasteiger partial charge in [-0.2, -0.15) is 0 Å². The van der Waals surface area contributed by atoms with Crippen molar-refractivity contribution in [3.8, 4) is 0 Å². The maximum Gasteiger partial charge on any atom is 0.408 e. The van der Waals surface area contributed by atoms with E-state index in [1.165, 1.54) is 19.1 Å². The predicted molar refractivity (Wildman–Crippen MR) is 109 cm³/mol. The van der Waals surface area contributed by atoms with Crippen LogP contribution in [0.15, 0.2) is 24.3 Å². The highest BCUT2D eigenvalue weighted by Crippen LogP contribution is 2.29. The second kappa shape index (κ2) is 10.1. The summed E-state index contributed by atoms with van der Waals surface area (Å²) in [4.78, 5) is 24.4. The fourth-order valence-corrected chi connectivity index (χ4v) is 2.91. The van der Waals surface area contributed by atoms with Crippen molar-refractivity contribution in [3.63, 3.8) is 0 Å². The minimum Gasteiger partial charge on any atom is -0.461 e. The lowest BCUT2D eigenvalue weighted by Crippen LogP contribution is -2.47. The maximum absolute atomic E-state index is 13.2. The number of halogens is 1. The van der Waals surface area contributed by atoms with Gasteiger partial charge in [-0.05, 0) is 72.6 Å². The zero-order valence-corrected chi connectivity index (χ0v) is 18.7. The lowest BCUT2D eigenvalue weighted by molar-refractivity contribution is -0.159. The summed E-state index contributed by atoms with van der Waals surface area (Å²) < 4.78 is 29.6. The Morgan fingerprint density at radius 1 is 1.07 bits per heavy atom. The van der Waals surface area contributed by atoms with Crippen LogP contribution in [0.4, 0.5) is 9.18 Å². The van der Waals surface area contributed by atoms with E-state index in [0.29, 0.717) is 6.42 Å². The number of carbonyl (C=O) groups is 2. The van der Waals surface area contributed by atoms with Crippen molar-refractivity contribution < 1.29 is 28.2 Å². The van der Waals surface area contributed by atoms with E-state index < -0.39 is 35.4 Å². The second-order valence-electron chi connectivity index (χ2n) is 8.75. The van der Waals surface area contributed by atoms with Crippen molar-refractivity contribution in [3.05, 3.63) is 35.6 Å². The van der Waals surface area contributed by atoms with Gasteiger partial charge < -0.3 is 19.5 Å². The van der Waals surface area contributed by atoms with Gasteiger partial charge in [0, 0.05) is 13.0 Å². The molecule has 0 saturated heterocycles. The van der Waals surface area contributed by atoms with Crippen LogP contribution in [-0.4, -0.2) is 42.5 Å². The number of amides is 1. The van der Waals surface area contributed by atoms with E-state index in [9.17, 15) is 14.0 Å². The number of alkyl carbamates (subject to hydrolysis) is 1. The smallest absolute Gasteiger partial charge is 0.408 e. The van der Waals surface area contributed by atoms with Gasteiger partial charge in [-0.15, -0.1) is 0 Å². The molecule has 164 valence electrons. The average molecular weight is 412 g/mol. The van der Waals surface area contributed by atoms with Gasteiger partial charge in [-0.1, -0.05) is 12.1 Å². The van der Waals surface area contributed by atoms with E-state index in [2.05, 4.69) is 5.32 Å². The maximum atomic E-state index is 13.2. The third-order valence-corrected chi connectivity index (χ3v) is 4.74. The standard InChI is InChI=1S/C22H34FNO5/c1-14(24-20(26)29-21(3,4)5)19(25)28-15(2)18(22(6,7)27-8)13-16-9-11-17(23)12-10-16/h9-12,14-15,18H,13H2,1-8H3,(H,24,26)/t14-,15-,18-/m0/s1. The van der Waals surface area contributed by atoms with Crippen molar-refractivity contribution in [1.29, 1.82) is 0 Å². The van der Waals surface area contributed by atoms with Crippen LogP contribution < -0.4 is 5.32 Å². The molecule has 0 unspecified atom stereocenters. The van der Waals surface area contributed by atoms with Crippen molar-refractivity contribution in [2.75, 3.05) is 7.11 Å². The molecule has 0 aliphatic heterocycles. The average Bonchev–Trinajstić information content (AvgIpc) is 2.58. The third-order valence-electron chi connectivity index (χ3n) is 4.74. The number of benzene rings is 1. The molecule has 0 aliphatic rings. The Morgan fingerprint density at radius 3 is 2.10 bits per heavy atom. The second-order valence-corrected chi connectivity index (χ2v) is 8.75. The molecular weight excluding hydrogens is 377 g/mol. The first-order valence-electron chi connectivity index (χ1n) is 9.74. The van der Waals surface area contributed by atoms with Gasteiger partial charge in [0.15, 0.2) is 0 Å².